The zero-order chi connectivity index (χ0) is 17.9. The van der Waals surface area contributed by atoms with Crippen LogP contribution in [0, 0.1) is 0 Å². The number of aromatic nitrogens is 2. The van der Waals surface area contributed by atoms with Crippen molar-refractivity contribution in [3.63, 3.8) is 0 Å². The molecule has 2 aromatic heterocycles. The molecule has 130 valence electrons. The number of methoxy groups -OCH3 is 1. The summed E-state index contributed by atoms with van der Waals surface area (Å²) < 4.78 is 34.1. The van der Waals surface area contributed by atoms with Gasteiger partial charge in [0.1, 0.15) is 12.3 Å². The van der Waals surface area contributed by atoms with Gasteiger partial charge in [0.25, 0.3) is 0 Å². The molecule has 0 aliphatic heterocycles. The second-order valence-corrected chi connectivity index (χ2v) is 8.28. The maximum absolute atomic E-state index is 11.6. The van der Waals surface area contributed by atoms with Crippen LogP contribution in [-0.4, -0.2) is 31.8 Å². The summed E-state index contributed by atoms with van der Waals surface area (Å²) in [4.78, 5) is 9.99. The van der Waals surface area contributed by atoms with Crippen LogP contribution in [0.1, 0.15) is 4.88 Å². The molecule has 0 saturated carbocycles. The fourth-order valence-electron chi connectivity index (χ4n) is 2.17. The topological polar surface area (TPSA) is 78.4 Å². The van der Waals surface area contributed by atoms with Crippen molar-refractivity contribution >= 4 is 21.2 Å². The predicted molar refractivity (Wildman–Crippen MR) is 95.8 cm³/mol. The number of sulfone groups is 1. The number of rotatable bonds is 6. The Morgan fingerprint density at radius 2 is 1.92 bits per heavy atom. The average molecular weight is 376 g/mol. The maximum Gasteiger partial charge on any atom is 0.240 e. The van der Waals surface area contributed by atoms with Crippen LogP contribution in [0.4, 0.5) is 0 Å². The molecule has 25 heavy (non-hydrogen) atoms. The molecule has 0 aliphatic carbocycles. The van der Waals surface area contributed by atoms with Gasteiger partial charge in [-0.3, -0.25) is 0 Å². The Labute approximate surface area is 150 Å². The van der Waals surface area contributed by atoms with Crippen molar-refractivity contribution in [2.45, 2.75) is 11.5 Å². The summed E-state index contributed by atoms with van der Waals surface area (Å²) >= 11 is 1.60. The molecule has 0 fully saturated rings. The van der Waals surface area contributed by atoms with E-state index < -0.39 is 9.84 Å². The van der Waals surface area contributed by atoms with Gasteiger partial charge in [0.05, 0.1) is 18.2 Å². The van der Waals surface area contributed by atoms with Crippen molar-refractivity contribution in [1.82, 2.24) is 9.97 Å². The van der Waals surface area contributed by atoms with Crippen molar-refractivity contribution < 1.29 is 17.9 Å². The predicted octanol–water partition coefficient (Wildman–Crippen LogP) is 3.20. The highest BCUT2D eigenvalue weighted by atomic mass is 32.2. The summed E-state index contributed by atoms with van der Waals surface area (Å²) in [6, 6.07) is 10.3. The van der Waals surface area contributed by atoms with Gasteiger partial charge in [-0.25, -0.2) is 18.4 Å². The molecule has 3 aromatic rings. The summed E-state index contributed by atoms with van der Waals surface area (Å²) in [5, 5.41) is 1.98. The highest BCUT2D eigenvalue weighted by Crippen LogP contribution is 2.29. The van der Waals surface area contributed by atoms with E-state index in [4.69, 9.17) is 9.47 Å². The maximum atomic E-state index is 11.6. The highest BCUT2D eigenvalue weighted by molar-refractivity contribution is 7.90. The van der Waals surface area contributed by atoms with Crippen LogP contribution in [0.2, 0.25) is 0 Å². The number of ether oxygens (including phenoxy) is 2. The molecule has 0 N–H and O–H groups in total. The fourth-order valence-corrected chi connectivity index (χ4v) is 3.42. The Bertz CT molecular complexity index is 953. The molecule has 0 radical (unpaired) electrons. The highest BCUT2D eigenvalue weighted by Gasteiger charge is 2.13. The zero-order valence-electron chi connectivity index (χ0n) is 13.7. The van der Waals surface area contributed by atoms with Crippen LogP contribution in [0.5, 0.6) is 11.8 Å². The van der Waals surface area contributed by atoms with Gasteiger partial charge in [-0.05, 0) is 23.6 Å². The van der Waals surface area contributed by atoms with Crippen molar-refractivity contribution in [1.29, 1.82) is 0 Å². The van der Waals surface area contributed by atoms with Crippen molar-refractivity contribution in [3.05, 3.63) is 52.9 Å². The molecular weight excluding hydrogens is 360 g/mol. The second-order valence-electron chi connectivity index (χ2n) is 5.23. The molecule has 0 amide bonds. The van der Waals surface area contributed by atoms with E-state index in [1.807, 2.05) is 17.5 Å². The van der Waals surface area contributed by atoms with Crippen LogP contribution in [0.3, 0.4) is 0 Å². The molecule has 0 atom stereocenters. The van der Waals surface area contributed by atoms with E-state index in [2.05, 4.69) is 9.97 Å². The molecule has 0 saturated heterocycles. The first kappa shape index (κ1) is 17.4. The number of benzene rings is 1. The van der Waals surface area contributed by atoms with Crippen molar-refractivity contribution in [3.8, 4) is 23.0 Å². The van der Waals surface area contributed by atoms with E-state index >= 15 is 0 Å². The average Bonchev–Trinajstić information content (AvgIpc) is 3.12. The third-order valence-electron chi connectivity index (χ3n) is 3.41. The van der Waals surface area contributed by atoms with Crippen LogP contribution in [0.15, 0.2) is 52.9 Å². The second kappa shape index (κ2) is 7.20. The Hall–Kier alpha value is -2.45. The summed E-state index contributed by atoms with van der Waals surface area (Å²) in [6.07, 6.45) is 2.67. The minimum absolute atomic E-state index is 0.244. The van der Waals surface area contributed by atoms with Crippen LogP contribution < -0.4 is 9.47 Å². The summed E-state index contributed by atoms with van der Waals surface area (Å²) in [5.74, 6) is 0.715. The molecule has 0 unspecified atom stereocenters. The first-order chi connectivity index (χ1) is 12.0. The van der Waals surface area contributed by atoms with Crippen LogP contribution in [-0.2, 0) is 16.4 Å². The minimum atomic E-state index is -3.25. The van der Waals surface area contributed by atoms with Gasteiger partial charge >= 0.3 is 0 Å². The minimum Gasteiger partial charge on any atom is -0.479 e. The van der Waals surface area contributed by atoms with E-state index in [1.54, 1.807) is 23.5 Å². The summed E-state index contributed by atoms with van der Waals surface area (Å²) in [6.45, 7) is 0.408. The first-order valence-corrected chi connectivity index (χ1v) is 10.1. The lowest BCUT2D eigenvalue weighted by molar-refractivity contribution is 0.294. The lowest BCUT2D eigenvalue weighted by Gasteiger charge is -2.10. The SMILES string of the molecule is COc1ncc(OCc2cccs2)nc1-c1ccc(S(C)(=O)=O)cc1. The molecule has 3 rings (SSSR count). The van der Waals surface area contributed by atoms with Gasteiger partial charge in [-0.1, -0.05) is 18.2 Å². The third-order valence-corrected chi connectivity index (χ3v) is 5.39. The normalized spacial score (nSPS) is 11.3. The Kier molecular flexibility index (Phi) is 5.00. The molecular formula is C17H16N2O4S2. The molecule has 0 aliphatic rings. The Balaban J connectivity index is 1.89. The van der Waals surface area contributed by atoms with E-state index in [0.717, 1.165) is 4.88 Å². The Morgan fingerprint density at radius 3 is 2.52 bits per heavy atom. The van der Waals surface area contributed by atoms with Crippen LogP contribution in [0.25, 0.3) is 11.3 Å². The van der Waals surface area contributed by atoms with E-state index in [9.17, 15) is 8.42 Å². The zero-order valence-corrected chi connectivity index (χ0v) is 15.3. The molecule has 6 nitrogen and oxygen atoms in total. The van der Waals surface area contributed by atoms with Gasteiger partial charge in [-0.15, -0.1) is 11.3 Å². The number of hydrogen-bond donors (Lipinski definition) is 0. The lowest BCUT2D eigenvalue weighted by atomic mass is 10.1. The van der Waals surface area contributed by atoms with E-state index in [1.165, 1.54) is 31.7 Å². The quantitative estimate of drug-likeness (QED) is 0.657. The Morgan fingerprint density at radius 1 is 1.16 bits per heavy atom. The standard InChI is InChI=1S/C17H16N2O4S2/c1-22-17-16(12-5-7-14(8-6-12)25(2,20)21)19-15(10-18-17)23-11-13-4-3-9-24-13/h3-10H,11H2,1-2H3. The molecule has 0 spiro atoms. The molecule has 0 bridgehead atoms. The van der Waals surface area contributed by atoms with Gasteiger partial charge in [0, 0.05) is 16.7 Å². The van der Waals surface area contributed by atoms with Gasteiger partial charge in [0.2, 0.25) is 11.8 Å². The van der Waals surface area contributed by atoms with Gasteiger partial charge in [-0.2, -0.15) is 0 Å². The van der Waals surface area contributed by atoms with E-state index in [0.29, 0.717) is 29.6 Å². The van der Waals surface area contributed by atoms with Crippen molar-refractivity contribution in [2.24, 2.45) is 0 Å². The van der Waals surface area contributed by atoms with E-state index in [-0.39, 0.29) is 4.90 Å². The molecule has 2 heterocycles. The molecule has 1 aromatic carbocycles. The number of thiophene rings is 1. The monoisotopic (exact) mass is 376 g/mol. The fraction of sp³-hybridized carbons (Fsp3) is 0.176. The van der Waals surface area contributed by atoms with Gasteiger partial charge in [0.15, 0.2) is 9.84 Å². The lowest BCUT2D eigenvalue weighted by Crippen LogP contribution is -2.01. The van der Waals surface area contributed by atoms with Crippen molar-refractivity contribution in [2.75, 3.05) is 13.4 Å². The smallest absolute Gasteiger partial charge is 0.240 e. The summed E-state index contributed by atoms with van der Waals surface area (Å²) in [7, 11) is -1.75. The number of nitrogens with zero attached hydrogens (tertiary/aromatic N) is 2. The van der Waals surface area contributed by atoms with Gasteiger partial charge < -0.3 is 9.47 Å². The molecule has 8 heteroatoms. The third kappa shape index (κ3) is 4.15. The summed E-state index contributed by atoms with van der Waals surface area (Å²) in [5.41, 5.74) is 1.18. The van der Waals surface area contributed by atoms with Crippen LogP contribution >= 0.6 is 11.3 Å². The number of hydrogen-bond acceptors (Lipinski definition) is 7. The largest absolute Gasteiger partial charge is 0.479 e. The first-order valence-electron chi connectivity index (χ1n) is 7.34.